The molecule has 2 amide bonds. The molecule has 0 atom stereocenters. The second kappa shape index (κ2) is 8.40. The van der Waals surface area contributed by atoms with Gasteiger partial charge in [-0.25, -0.2) is 4.90 Å². The van der Waals surface area contributed by atoms with Crippen LogP contribution in [0.15, 0.2) is 78.5 Å². The first-order valence-corrected chi connectivity index (χ1v) is 10.6. The molecule has 156 valence electrons. The highest BCUT2D eigenvalue weighted by Crippen LogP contribution is 2.34. The smallest absolute Gasteiger partial charge is 0.282 e. The molecule has 31 heavy (non-hydrogen) atoms. The normalized spacial score (nSPS) is 14.0. The minimum absolute atomic E-state index is 0.254. The number of benzene rings is 3. The number of hydrogen-bond donors (Lipinski definition) is 1. The van der Waals surface area contributed by atoms with E-state index in [2.05, 4.69) is 19.2 Å². The first-order chi connectivity index (χ1) is 14.8. The van der Waals surface area contributed by atoms with Crippen LogP contribution in [-0.2, 0) is 9.59 Å². The van der Waals surface area contributed by atoms with Crippen molar-refractivity contribution in [3.8, 4) is 0 Å². The fourth-order valence-electron chi connectivity index (χ4n) is 3.55. The maximum absolute atomic E-state index is 13.4. The summed E-state index contributed by atoms with van der Waals surface area (Å²) < 4.78 is 0. The zero-order valence-corrected chi connectivity index (χ0v) is 18.4. The van der Waals surface area contributed by atoms with Gasteiger partial charge in [0.1, 0.15) is 5.70 Å². The molecule has 1 heterocycles. The lowest BCUT2D eigenvalue weighted by atomic mass is 10.0. The van der Waals surface area contributed by atoms with Gasteiger partial charge in [-0.3, -0.25) is 9.59 Å². The molecule has 3 aromatic carbocycles. The lowest BCUT2D eigenvalue weighted by Gasteiger charge is -2.16. The third-order valence-electron chi connectivity index (χ3n) is 5.36. The Labute approximate surface area is 187 Å². The van der Waals surface area contributed by atoms with Crippen LogP contribution in [0.2, 0.25) is 5.02 Å². The van der Waals surface area contributed by atoms with Gasteiger partial charge in [-0.2, -0.15) is 0 Å². The molecule has 0 aromatic heterocycles. The standard InChI is InChI=1S/C26H23ClN2O2/c1-16(2)18-8-14-22(15-9-18)29-25(30)23(19-6-10-20(27)11-7-19)24(26(29)31)28-21-12-4-17(3)5-13-21/h4-16,28H,1-3H3. The third-order valence-corrected chi connectivity index (χ3v) is 5.61. The molecule has 4 nitrogen and oxygen atoms in total. The van der Waals surface area contributed by atoms with Gasteiger partial charge in [0.2, 0.25) is 0 Å². The predicted molar refractivity (Wildman–Crippen MR) is 126 cm³/mol. The summed E-state index contributed by atoms with van der Waals surface area (Å²) in [5, 5.41) is 3.74. The van der Waals surface area contributed by atoms with Crippen molar-refractivity contribution in [3.63, 3.8) is 0 Å². The molecule has 0 radical (unpaired) electrons. The zero-order valence-electron chi connectivity index (χ0n) is 17.6. The highest BCUT2D eigenvalue weighted by molar-refractivity contribution is 6.46. The number of nitrogens with one attached hydrogen (secondary N) is 1. The summed E-state index contributed by atoms with van der Waals surface area (Å²) in [5.41, 5.74) is 4.76. The van der Waals surface area contributed by atoms with E-state index in [1.807, 2.05) is 55.5 Å². The first-order valence-electron chi connectivity index (χ1n) is 10.2. The van der Waals surface area contributed by atoms with Gasteiger partial charge in [0, 0.05) is 10.7 Å². The Hall–Kier alpha value is -3.37. The molecule has 0 aliphatic carbocycles. The van der Waals surface area contributed by atoms with Crippen molar-refractivity contribution in [1.82, 2.24) is 0 Å². The average molecular weight is 431 g/mol. The predicted octanol–water partition coefficient (Wildman–Crippen LogP) is 6.17. The number of halogens is 1. The Morgan fingerprint density at radius 2 is 1.42 bits per heavy atom. The maximum Gasteiger partial charge on any atom is 0.282 e. The summed E-state index contributed by atoms with van der Waals surface area (Å²) in [6.07, 6.45) is 0. The summed E-state index contributed by atoms with van der Waals surface area (Å²) in [6.45, 7) is 6.20. The van der Waals surface area contributed by atoms with Gasteiger partial charge in [0.15, 0.2) is 0 Å². The highest BCUT2D eigenvalue weighted by Gasteiger charge is 2.40. The molecule has 0 saturated heterocycles. The van der Waals surface area contributed by atoms with Crippen LogP contribution >= 0.6 is 11.6 Å². The van der Waals surface area contributed by atoms with Crippen LogP contribution < -0.4 is 10.2 Å². The Morgan fingerprint density at radius 3 is 2.00 bits per heavy atom. The van der Waals surface area contributed by atoms with E-state index in [0.29, 0.717) is 27.8 Å². The topological polar surface area (TPSA) is 49.4 Å². The molecule has 0 bridgehead atoms. The molecule has 3 aromatic rings. The number of aryl methyl sites for hydroxylation is 1. The molecule has 1 N–H and O–H groups in total. The van der Waals surface area contributed by atoms with Crippen LogP contribution in [0, 0.1) is 6.92 Å². The molecular weight excluding hydrogens is 408 g/mol. The first kappa shape index (κ1) is 20.9. The number of carbonyl (C=O) groups excluding carboxylic acids is 2. The van der Waals surface area contributed by atoms with Gasteiger partial charge >= 0.3 is 0 Å². The third kappa shape index (κ3) is 4.12. The monoisotopic (exact) mass is 430 g/mol. The van der Waals surface area contributed by atoms with Crippen LogP contribution in [0.5, 0.6) is 0 Å². The molecule has 5 heteroatoms. The summed E-state index contributed by atoms with van der Waals surface area (Å²) >= 11 is 6.04. The van der Waals surface area contributed by atoms with Crippen molar-refractivity contribution < 1.29 is 9.59 Å². The van der Waals surface area contributed by atoms with Gasteiger partial charge < -0.3 is 5.32 Å². The van der Waals surface area contributed by atoms with E-state index in [4.69, 9.17) is 11.6 Å². The van der Waals surface area contributed by atoms with Crippen molar-refractivity contribution in [2.45, 2.75) is 26.7 Å². The second-order valence-electron chi connectivity index (χ2n) is 7.94. The zero-order chi connectivity index (χ0) is 22.1. The molecule has 1 aliphatic rings. The molecule has 4 rings (SSSR count). The maximum atomic E-state index is 13.4. The van der Waals surface area contributed by atoms with E-state index in [-0.39, 0.29) is 17.5 Å². The lowest BCUT2D eigenvalue weighted by molar-refractivity contribution is -0.120. The summed E-state index contributed by atoms with van der Waals surface area (Å²) in [5.74, 6) is -0.382. The van der Waals surface area contributed by atoms with Crippen LogP contribution in [0.25, 0.3) is 5.57 Å². The number of rotatable bonds is 5. The van der Waals surface area contributed by atoms with Crippen LogP contribution in [0.4, 0.5) is 11.4 Å². The van der Waals surface area contributed by atoms with E-state index in [0.717, 1.165) is 16.8 Å². The van der Waals surface area contributed by atoms with Crippen molar-refractivity contribution in [1.29, 1.82) is 0 Å². The molecule has 0 unspecified atom stereocenters. The average Bonchev–Trinajstić information content (AvgIpc) is 3.00. The van der Waals surface area contributed by atoms with E-state index in [9.17, 15) is 9.59 Å². The quantitative estimate of drug-likeness (QED) is 0.492. The van der Waals surface area contributed by atoms with E-state index in [1.54, 1.807) is 24.3 Å². The highest BCUT2D eigenvalue weighted by atomic mass is 35.5. The summed E-state index contributed by atoms with van der Waals surface area (Å²) in [4.78, 5) is 28.1. The number of carbonyl (C=O) groups is 2. The number of hydrogen-bond acceptors (Lipinski definition) is 3. The minimum Gasteiger partial charge on any atom is -0.350 e. The van der Waals surface area contributed by atoms with Crippen LogP contribution in [0.3, 0.4) is 0 Å². The molecule has 0 saturated carbocycles. The van der Waals surface area contributed by atoms with Gasteiger partial charge in [-0.1, -0.05) is 67.4 Å². The summed E-state index contributed by atoms with van der Waals surface area (Å²) in [6, 6.07) is 22.2. The molecular formula is C26H23ClN2O2. The lowest BCUT2D eigenvalue weighted by Crippen LogP contribution is -2.32. The Bertz CT molecular complexity index is 1160. The fourth-order valence-corrected chi connectivity index (χ4v) is 3.68. The fraction of sp³-hybridized carbons (Fsp3) is 0.154. The van der Waals surface area contributed by atoms with Gasteiger partial charge in [0.05, 0.1) is 11.3 Å². The van der Waals surface area contributed by atoms with E-state index >= 15 is 0 Å². The number of amides is 2. The van der Waals surface area contributed by atoms with Gasteiger partial charge in [-0.05, 0) is 60.4 Å². The minimum atomic E-state index is -0.382. The Balaban J connectivity index is 1.77. The van der Waals surface area contributed by atoms with Crippen molar-refractivity contribution >= 4 is 40.4 Å². The Morgan fingerprint density at radius 1 is 0.806 bits per heavy atom. The number of imide groups is 1. The number of anilines is 2. The van der Waals surface area contributed by atoms with Crippen molar-refractivity contribution in [2.24, 2.45) is 0 Å². The van der Waals surface area contributed by atoms with Crippen LogP contribution in [-0.4, -0.2) is 11.8 Å². The Kier molecular flexibility index (Phi) is 5.66. The molecule has 0 spiro atoms. The molecule has 1 aliphatic heterocycles. The van der Waals surface area contributed by atoms with Gasteiger partial charge in [0.25, 0.3) is 11.8 Å². The van der Waals surface area contributed by atoms with Crippen molar-refractivity contribution in [2.75, 3.05) is 10.2 Å². The SMILES string of the molecule is Cc1ccc(NC2=C(c3ccc(Cl)cc3)C(=O)N(c3ccc(C(C)C)cc3)C2=O)cc1. The van der Waals surface area contributed by atoms with Gasteiger partial charge in [-0.15, -0.1) is 0 Å². The second-order valence-corrected chi connectivity index (χ2v) is 8.38. The molecule has 0 fully saturated rings. The summed E-state index contributed by atoms with van der Waals surface area (Å²) in [7, 11) is 0. The van der Waals surface area contributed by atoms with Crippen molar-refractivity contribution in [3.05, 3.63) is 100 Å². The van der Waals surface area contributed by atoms with E-state index < -0.39 is 0 Å². The van der Waals surface area contributed by atoms with E-state index in [1.165, 1.54) is 4.90 Å². The number of nitrogens with zero attached hydrogens (tertiary/aromatic N) is 1. The largest absolute Gasteiger partial charge is 0.350 e. The van der Waals surface area contributed by atoms with Crippen LogP contribution in [0.1, 0.15) is 36.5 Å².